The highest BCUT2D eigenvalue weighted by molar-refractivity contribution is 6.01. The Kier molecular flexibility index (Phi) is 7.89. The van der Waals surface area contributed by atoms with Gasteiger partial charge in [0.05, 0.1) is 0 Å². The lowest BCUT2D eigenvalue weighted by atomic mass is 9.96. The van der Waals surface area contributed by atoms with Gasteiger partial charge in [-0.15, -0.1) is 0 Å². The van der Waals surface area contributed by atoms with E-state index in [1.54, 1.807) is 0 Å². The summed E-state index contributed by atoms with van der Waals surface area (Å²) < 4.78 is 0. The molecule has 6 heteroatoms. The molecule has 0 radical (unpaired) electrons. The summed E-state index contributed by atoms with van der Waals surface area (Å²) in [4.78, 5) is 25.0. The van der Waals surface area contributed by atoms with Gasteiger partial charge in [0.15, 0.2) is 0 Å². The van der Waals surface area contributed by atoms with Crippen LogP contribution in [0.3, 0.4) is 0 Å². The number of para-hydroxylation sites is 2. The van der Waals surface area contributed by atoms with E-state index in [2.05, 4.69) is 45.5 Å². The van der Waals surface area contributed by atoms with Crippen LogP contribution < -0.4 is 21.3 Å². The van der Waals surface area contributed by atoms with Crippen molar-refractivity contribution >= 4 is 34.8 Å². The van der Waals surface area contributed by atoms with Crippen LogP contribution in [0, 0.1) is 27.7 Å². The van der Waals surface area contributed by atoms with E-state index in [1.807, 2.05) is 88.4 Å². The van der Waals surface area contributed by atoms with E-state index >= 15 is 0 Å². The molecule has 0 spiro atoms. The zero-order valence-corrected chi connectivity index (χ0v) is 21.6. The number of carbonyl (C=O) groups excluding carboxylic acids is 2. The summed E-state index contributed by atoms with van der Waals surface area (Å²) in [7, 11) is 0. The summed E-state index contributed by atoms with van der Waals surface area (Å²) in [6.07, 6.45) is 0.746. The Morgan fingerprint density at radius 2 is 0.838 bits per heavy atom. The van der Waals surface area contributed by atoms with Crippen molar-refractivity contribution in [2.75, 3.05) is 21.3 Å². The number of urea groups is 2. The molecule has 4 amide bonds. The molecule has 0 unspecified atom stereocenters. The highest BCUT2D eigenvalue weighted by Gasteiger charge is 2.12. The van der Waals surface area contributed by atoms with Crippen molar-refractivity contribution in [2.24, 2.45) is 0 Å². The summed E-state index contributed by atoms with van der Waals surface area (Å²) >= 11 is 0. The first-order valence-electron chi connectivity index (χ1n) is 12.2. The molecule has 0 aliphatic rings. The first kappa shape index (κ1) is 25.5. The van der Waals surface area contributed by atoms with E-state index in [1.165, 1.54) is 0 Å². The van der Waals surface area contributed by atoms with E-state index in [-0.39, 0.29) is 12.1 Å². The van der Waals surface area contributed by atoms with Crippen LogP contribution in [-0.4, -0.2) is 12.1 Å². The van der Waals surface area contributed by atoms with Gasteiger partial charge in [0.1, 0.15) is 0 Å². The molecule has 4 aromatic rings. The molecule has 0 aromatic heterocycles. The number of rotatable bonds is 6. The monoisotopic (exact) mass is 492 g/mol. The lowest BCUT2D eigenvalue weighted by Crippen LogP contribution is -2.20. The molecule has 0 bridgehead atoms. The number of hydrogen-bond acceptors (Lipinski definition) is 2. The predicted octanol–water partition coefficient (Wildman–Crippen LogP) is 7.80. The molecule has 0 saturated carbocycles. The standard InChI is InChI=1S/C31H32N4O2/c1-20-15-24(16-21(2)28(20)34-30(36)32-26-11-7-5-8-12-26)19-25-17-22(3)29(23(4)18-25)35-31(37)33-27-13-9-6-10-14-27/h5-18H,19H2,1-4H3,(H2,32,34,36)(H2,33,35,37). The molecule has 4 N–H and O–H groups in total. The molecule has 0 fully saturated rings. The number of hydrogen-bond donors (Lipinski definition) is 4. The fraction of sp³-hybridized carbons (Fsp3) is 0.161. The van der Waals surface area contributed by atoms with Crippen LogP contribution in [0.25, 0.3) is 0 Å². The lowest BCUT2D eigenvalue weighted by molar-refractivity contribution is 0.261. The van der Waals surface area contributed by atoms with E-state index < -0.39 is 0 Å². The van der Waals surface area contributed by atoms with Gasteiger partial charge in [0.2, 0.25) is 0 Å². The topological polar surface area (TPSA) is 82.3 Å². The van der Waals surface area contributed by atoms with Crippen LogP contribution >= 0.6 is 0 Å². The fourth-order valence-electron chi connectivity index (χ4n) is 4.54. The minimum Gasteiger partial charge on any atom is -0.308 e. The van der Waals surface area contributed by atoms with Crippen LogP contribution in [0.5, 0.6) is 0 Å². The third-order valence-corrected chi connectivity index (χ3v) is 6.13. The van der Waals surface area contributed by atoms with Gasteiger partial charge < -0.3 is 21.3 Å². The number of nitrogens with one attached hydrogen (secondary N) is 4. The second-order valence-electron chi connectivity index (χ2n) is 9.28. The normalized spacial score (nSPS) is 10.5. The number of benzene rings is 4. The van der Waals surface area contributed by atoms with Crippen LogP contribution in [0.1, 0.15) is 33.4 Å². The summed E-state index contributed by atoms with van der Waals surface area (Å²) in [5.41, 5.74) is 9.44. The molecular weight excluding hydrogens is 460 g/mol. The van der Waals surface area contributed by atoms with Gasteiger partial charge in [-0.2, -0.15) is 0 Å². The van der Waals surface area contributed by atoms with Gasteiger partial charge in [0, 0.05) is 22.7 Å². The average molecular weight is 493 g/mol. The third-order valence-electron chi connectivity index (χ3n) is 6.13. The van der Waals surface area contributed by atoms with Gasteiger partial charge in [-0.3, -0.25) is 0 Å². The number of anilines is 4. The molecule has 6 nitrogen and oxygen atoms in total. The lowest BCUT2D eigenvalue weighted by Gasteiger charge is -2.17. The van der Waals surface area contributed by atoms with E-state index in [9.17, 15) is 9.59 Å². The summed E-state index contributed by atoms with van der Waals surface area (Å²) in [5, 5.41) is 11.7. The smallest absolute Gasteiger partial charge is 0.308 e. The van der Waals surface area contributed by atoms with Crippen molar-refractivity contribution < 1.29 is 9.59 Å². The Hall–Kier alpha value is -4.58. The van der Waals surface area contributed by atoms with Gasteiger partial charge in [0.25, 0.3) is 0 Å². The summed E-state index contributed by atoms with van der Waals surface area (Å²) in [5.74, 6) is 0. The number of amides is 4. The number of carbonyl (C=O) groups is 2. The van der Waals surface area contributed by atoms with Crippen molar-refractivity contribution in [3.8, 4) is 0 Å². The van der Waals surface area contributed by atoms with Crippen molar-refractivity contribution in [3.63, 3.8) is 0 Å². The molecule has 0 atom stereocenters. The maximum Gasteiger partial charge on any atom is 0.323 e. The van der Waals surface area contributed by atoms with Crippen LogP contribution in [-0.2, 0) is 6.42 Å². The van der Waals surface area contributed by atoms with Crippen molar-refractivity contribution in [1.29, 1.82) is 0 Å². The largest absolute Gasteiger partial charge is 0.323 e. The first-order chi connectivity index (χ1) is 17.8. The molecule has 0 heterocycles. The molecule has 188 valence electrons. The fourth-order valence-corrected chi connectivity index (χ4v) is 4.54. The predicted molar refractivity (Wildman–Crippen MR) is 153 cm³/mol. The minimum atomic E-state index is -0.268. The molecule has 4 aromatic carbocycles. The SMILES string of the molecule is Cc1cc(Cc2cc(C)c(NC(=O)Nc3ccccc3)c(C)c2)cc(C)c1NC(=O)Nc1ccccc1. The Morgan fingerprint density at radius 3 is 1.16 bits per heavy atom. The molecule has 0 aliphatic heterocycles. The van der Waals surface area contributed by atoms with Gasteiger partial charge in [-0.1, -0.05) is 60.7 Å². The quantitative estimate of drug-likeness (QED) is 0.221. The highest BCUT2D eigenvalue weighted by Crippen LogP contribution is 2.27. The highest BCUT2D eigenvalue weighted by atomic mass is 16.2. The van der Waals surface area contributed by atoms with Crippen molar-refractivity contribution in [1.82, 2.24) is 0 Å². The molecular formula is C31H32N4O2. The Morgan fingerprint density at radius 1 is 0.514 bits per heavy atom. The zero-order valence-electron chi connectivity index (χ0n) is 21.6. The maximum absolute atomic E-state index is 12.5. The van der Waals surface area contributed by atoms with Gasteiger partial charge in [-0.25, -0.2) is 9.59 Å². The third kappa shape index (κ3) is 6.76. The van der Waals surface area contributed by atoms with Crippen molar-refractivity contribution in [2.45, 2.75) is 34.1 Å². The molecule has 0 saturated heterocycles. The van der Waals surface area contributed by atoms with E-state index in [0.717, 1.165) is 62.6 Å². The molecule has 37 heavy (non-hydrogen) atoms. The average Bonchev–Trinajstić information content (AvgIpc) is 2.85. The maximum atomic E-state index is 12.5. The van der Waals surface area contributed by atoms with Gasteiger partial charge in [-0.05, 0) is 91.8 Å². The molecule has 0 aliphatic carbocycles. The first-order valence-corrected chi connectivity index (χ1v) is 12.2. The Labute approximate surface area is 218 Å². The van der Waals surface area contributed by atoms with Crippen LogP contribution in [0.2, 0.25) is 0 Å². The minimum absolute atomic E-state index is 0.268. The van der Waals surface area contributed by atoms with E-state index in [0.29, 0.717) is 0 Å². The zero-order chi connectivity index (χ0) is 26.4. The van der Waals surface area contributed by atoms with Crippen molar-refractivity contribution in [3.05, 3.63) is 118 Å². The second-order valence-corrected chi connectivity index (χ2v) is 9.28. The van der Waals surface area contributed by atoms with Crippen LogP contribution in [0.15, 0.2) is 84.9 Å². The summed E-state index contributed by atoms with van der Waals surface area (Å²) in [6.45, 7) is 8.01. The van der Waals surface area contributed by atoms with E-state index in [4.69, 9.17) is 0 Å². The number of aryl methyl sites for hydroxylation is 4. The summed E-state index contributed by atoms with van der Waals surface area (Å²) in [6, 6.07) is 26.6. The van der Waals surface area contributed by atoms with Crippen LogP contribution in [0.4, 0.5) is 32.3 Å². The Balaban J connectivity index is 1.43. The molecule has 4 rings (SSSR count). The second kappa shape index (κ2) is 11.4. The van der Waals surface area contributed by atoms with Gasteiger partial charge >= 0.3 is 12.1 Å². The Bertz CT molecular complexity index is 1260.